The van der Waals surface area contributed by atoms with Gasteiger partial charge in [0.2, 0.25) is 5.91 Å². The van der Waals surface area contributed by atoms with Gasteiger partial charge in [-0.2, -0.15) is 0 Å². The molecule has 0 aromatic rings. The second-order valence-electron chi connectivity index (χ2n) is 6.87. The Balaban J connectivity index is 1.90. The van der Waals surface area contributed by atoms with E-state index in [-0.39, 0.29) is 17.7 Å². The molecule has 0 radical (unpaired) electrons. The maximum Gasteiger partial charge on any atom is 0.306 e. The SMILES string of the molecule is C/C=C1/C[C@@H](CCC(=O)N2CCC(C(=O)O)CC2)CN(S(=O)[O-])/C1=C/C. The van der Waals surface area contributed by atoms with Crippen LogP contribution >= 0.6 is 0 Å². The molecule has 0 bridgehead atoms. The van der Waals surface area contributed by atoms with Gasteiger partial charge in [-0.15, -0.1) is 0 Å². The zero-order valence-electron chi connectivity index (χ0n) is 15.3. The summed E-state index contributed by atoms with van der Waals surface area (Å²) in [5.41, 5.74) is 1.71. The molecule has 0 aliphatic carbocycles. The third kappa shape index (κ3) is 4.94. The normalized spacial score (nSPS) is 26.3. The highest BCUT2D eigenvalue weighted by Gasteiger charge is 2.29. The Morgan fingerprint density at radius 1 is 1.27 bits per heavy atom. The predicted molar refractivity (Wildman–Crippen MR) is 97.4 cm³/mol. The monoisotopic (exact) mass is 383 g/mol. The Morgan fingerprint density at radius 2 is 1.92 bits per heavy atom. The first-order chi connectivity index (χ1) is 12.4. The number of carboxylic acids is 1. The summed E-state index contributed by atoms with van der Waals surface area (Å²) in [5, 5.41) is 9.03. The number of aliphatic carboxylic acids is 1. The molecule has 1 unspecified atom stereocenters. The molecule has 146 valence electrons. The van der Waals surface area contributed by atoms with Crippen LogP contribution in [0.15, 0.2) is 23.4 Å². The molecule has 1 N–H and O–H groups in total. The zero-order valence-corrected chi connectivity index (χ0v) is 16.2. The van der Waals surface area contributed by atoms with E-state index in [4.69, 9.17) is 5.11 Å². The van der Waals surface area contributed by atoms with Crippen LogP contribution in [0.5, 0.6) is 0 Å². The molecular weight excluding hydrogens is 356 g/mol. The lowest BCUT2D eigenvalue weighted by Crippen LogP contribution is -2.41. The number of rotatable bonds is 5. The van der Waals surface area contributed by atoms with Crippen molar-refractivity contribution in [1.29, 1.82) is 0 Å². The third-order valence-electron chi connectivity index (χ3n) is 5.30. The van der Waals surface area contributed by atoms with E-state index in [0.717, 1.165) is 17.7 Å². The van der Waals surface area contributed by atoms with Crippen LogP contribution < -0.4 is 0 Å². The van der Waals surface area contributed by atoms with E-state index in [2.05, 4.69) is 0 Å². The van der Waals surface area contributed by atoms with Crippen LogP contribution in [0.4, 0.5) is 0 Å². The first-order valence-corrected chi connectivity index (χ1v) is 10.1. The van der Waals surface area contributed by atoms with Gasteiger partial charge in [-0.25, -0.2) is 0 Å². The number of carboxylic acid groups (broad SMARTS) is 1. The third-order valence-corrected chi connectivity index (χ3v) is 6.00. The van der Waals surface area contributed by atoms with Crippen molar-refractivity contribution in [2.24, 2.45) is 11.8 Å². The lowest BCUT2D eigenvalue weighted by Gasteiger charge is -2.39. The number of allylic oxidation sites excluding steroid dienone is 3. The van der Waals surface area contributed by atoms with Crippen LogP contribution in [0, 0.1) is 11.8 Å². The maximum absolute atomic E-state index is 12.4. The average molecular weight is 383 g/mol. The minimum absolute atomic E-state index is 0.0301. The molecule has 1 amide bonds. The highest BCUT2D eigenvalue weighted by Crippen LogP contribution is 2.33. The minimum Gasteiger partial charge on any atom is -0.755 e. The average Bonchev–Trinajstić information content (AvgIpc) is 2.65. The van der Waals surface area contributed by atoms with Gasteiger partial charge >= 0.3 is 5.97 Å². The van der Waals surface area contributed by atoms with Crippen molar-refractivity contribution in [3.8, 4) is 0 Å². The van der Waals surface area contributed by atoms with Gasteiger partial charge in [0, 0.05) is 43.0 Å². The quantitative estimate of drug-likeness (QED) is 0.732. The van der Waals surface area contributed by atoms with E-state index in [1.54, 1.807) is 11.0 Å². The zero-order chi connectivity index (χ0) is 19.3. The summed E-state index contributed by atoms with van der Waals surface area (Å²) in [6.45, 7) is 5.08. The summed E-state index contributed by atoms with van der Waals surface area (Å²) in [6, 6.07) is 0. The van der Waals surface area contributed by atoms with Gasteiger partial charge in [0.15, 0.2) is 0 Å². The van der Waals surface area contributed by atoms with E-state index in [1.165, 1.54) is 4.31 Å². The topological polar surface area (TPSA) is 101 Å². The lowest BCUT2D eigenvalue weighted by molar-refractivity contribution is -0.145. The molecular formula is C18H27N2O5S-. The molecule has 0 saturated carbocycles. The summed E-state index contributed by atoms with van der Waals surface area (Å²) in [7, 11) is 0. The molecule has 2 heterocycles. The van der Waals surface area contributed by atoms with E-state index < -0.39 is 17.2 Å². The van der Waals surface area contributed by atoms with Crippen molar-refractivity contribution < 1.29 is 23.5 Å². The van der Waals surface area contributed by atoms with Gasteiger partial charge in [0.05, 0.1) is 5.92 Å². The van der Waals surface area contributed by atoms with Crippen molar-refractivity contribution in [2.75, 3.05) is 19.6 Å². The summed E-state index contributed by atoms with van der Waals surface area (Å²) >= 11 is -2.33. The fourth-order valence-electron chi connectivity index (χ4n) is 3.76. The van der Waals surface area contributed by atoms with Gasteiger partial charge in [0.25, 0.3) is 0 Å². The van der Waals surface area contributed by atoms with Gasteiger partial charge < -0.3 is 18.9 Å². The second kappa shape index (κ2) is 9.32. The Morgan fingerprint density at radius 3 is 2.42 bits per heavy atom. The van der Waals surface area contributed by atoms with Crippen molar-refractivity contribution >= 4 is 23.1 Å². The summed E-state index contributed by atoms with van der Waals surface area (Å²) < 4.78 is 24.4. The highest BCUT2D eigenvalue weighted by atomic mass is 32.2. The van der Waals surface area contributed by atoms with E-state index in [9.17, 15) is 18.4 Å². The Hall–Kier alpha value is -1.67. The van der Waals surface area contributed by atoms with Crippen LogP contribution in [0.1, 0.15) is 46.0 Å². The molecule has 2 fully saturated rings. The molecule has 7 nitrogen and oxygen atoms in total. The smallest absolute Gasteiger partial charge is 0.306 e. The standard InChI is InChI=1S/C18H28N2O5S/c1-3-14-11-13(12-20(26(24)25)16(14)4-2)5-6-17(21)19-9-7-15(8-10-19)18(22)23/h3-4,13,15H,5-12H2,1-2H3,(H,22,23)(H,24,25)/p-1/b14-3-,16-4+/t13-/m1/s1. The molecule has 2 atom stereocenters. The number of hydrogen-bond acceptors (Lipinski definition) is 4. The highest BCUT2D eigenvalue weighted by molar-refractivity contribution is 7.76. The molecule has 2 aliphatic rings. The maximum atomic E-state index is 12.4. The number of hydrogen-bond donors (Lipinski definition) is 1. The number of carbonyl (C=O) groups excluding carboxylic acids is 1. The van der Waals surface area contributed by atoms with Crippen molar-refractivity contribution in [2.45, 2.75) is 46.0 Å². The van der Waals surface area contributed by atoms with E-state index in [0.29, 0.717) is 45.3 Å². The fourth-order valence-corrected chi connectivity index (χ4v) is 4.48. The van der Waals surface area contributed by atoms with Gasteiger partial charge in [-0.3, -0.25) is 13.8 Å². The van der Waals surface area contributed by atoms with Crippen molar-refractivity contribution in [3.05, 3.63) is 23.4 Å². The molecule has 2 rings (SSSR count). The number of piperidine rings is 2. The molecule has 26 heavy (non-hydrogen) atoms. The minimum atomic E-state index is -2.33. The van der Waals surface area contributed by atoms with Crippen molar-refractivity contribution in [1.82, 2.24) is 9.21 Å². The summed E-state index contributed by atoms with van der Waals surface area (Å²) in [6.07, 6.45) is 6.49. The Labute approximate surface area is 157 Å². The Bertz CT molecular complexity index is 623. The number of nitrogens with zero attached hydrogens (tertiary/aromatic N) is 2. The molecule has 8 heteroatoms. The fraction of sp³-hybridized carbons (Fsp3) is 0.667. The van der Waals surface area contributed by atoms with Crippen LogP contribution in [-0.2, 0) is 20.9 Å². The molecule has 0 aromatic carbocycles. The number of likely N-dealkylation sites (tertiary alicyclic amines) is 1. The second-order valence-corrected chi connectivity index (χ2v) is 7.74. The van der Waals surface area contributed by atoms with E-state index >= 15 is 0 Å². The van der Waals surface area contributed by atoms with Crippen LogP contribution in [0.3, 0.4) is 0 Å². The Kier molecular flexibility index (Phi) is 7.40. The van der Waals surface area contributed by atoms with Crippen LogP contribution in [0.25, 0.3) is 0 Å². The number of carbonyl (C=O) groups is 2. The van der Waals surface area contributed by atoms with Crippen LogP contribution in [-0.4, -0.2) is 54.6 Å². The van der Waals surface area contributed by atoms with Crippen LogP contribution in [0.2, 0.25) is 0 Å². The van der Waals surface area contributed by atoms with Gasteiger partial charge in [-0.1, -0.05) is 12.2 Å². The lowest BCUT2D eigenvalue weighted by atomic mass is 9.88. The first kappa shape index (κ1) is 20.6. The molecule has 0 spiro atoms. The van der Waals surface area contributed by atoms with Crippen molar-refractivity contribution in [3.63, 3.8) is 0 Å². The first-order valence-electron chi connectivity index (χ1n) is 9.06. The van der Waals surface area contributed by atoms with Gasteiger partial charge in [-0.05, 0) is 51.0 Å². The van der Waals surface area contributed by atoms with E-state index in [1.807, 2.05) is 19.9 Å². The largest absolute Gasteiger partial charge is 0.755 e. The predicted octanol–water partition coefficient (Wildman–Crippen LogP) is 2.06. The summed E-state index contributed by atoms with van der Waals surface area (Å²) in [4.78, 5) is 25.1. The molecule has 0 aromatic heterocycles. The van der Waals surface area contributed by atoms with Gasteiger partial charge in [0.1, 0.15) is 0 Å². The number of amides is 1. The molecule has 2 saturated heterocycles. The molecule has 2 aliphatic heterocycles. The summed E-state index contributed by atoms with van der Waals surface area (Å²) in [5.74, 6) is -1.01.